The summed E-state index contributed by atoms with van der Waals surface area (Å²) < 4.78 is 11.2. The van der Waals surface area contributed by atoms with E-state index in [2.05, 4.69) is 22.0 Å². The first-order chi connectivity index (χ1) is 16.2. The summed E-state index contributed by atoms with van der Waals surface area (Å²) in [4.78, 5) is 16.7. The second-order valence-electron chi connectivity index (χ2n) is 7.89. The van der Waals surface area contributed by atoms with E-state index in [0.29, 0.717) is 25.3 Å². The molecule has 0 saturated heterocycles. The third-order valence-corrected chi connectivity index (χ3v) is 5.60. The number of fused-ring (bicyclic) bond motifs is 1. The maximum atomic E-state index is 11.9. The average Bonchev–Trinajstić information content (AvgIpc) is 3.37. The van der Waals surface area contributed by atoms with Gasteiger partial charge in [0.25, 0.3) is 5.91 Å². The van der Waals surface area contributed by atoms with Crippen LogP contribution in [0.5, 0.6) is 5.75 Å². The van der Waals surface area contributed by atoms with Crippen molar-refractivity contribution in [3.63, 3.8) is 0 Å². The summed E-state index contributed by atoms with van der Waals surface area (Å²) in [6.45, 7) is 1.97. The standard InChI is InChI=1S/C26H30N4O3/c1-27-25(31)20-7-4-6-19(18-20)11-14-28-26(29-15-12-21-8-5-16-32-21)30-23-13-17-33-24-10-3-2-9-22(23)24/h2-10,16,18,23H,11-15,17H2,1H3,(H,27,31)(H2,28,29,30). The van der Waals surface area contributed by atoms with Crippen LogP contribution in [0.3, 0.4) is 0 Å². The van der Waals surface area contributed by atoms with Crippen molar-refractivity contribution in [1.29, 1.82) is 0 Å². The lowest BCUT2D eigenvalue weighted by molar-refractivity contribution is 0.0963. The molecule has 0 radical (unpaired) electrons. The number of furan rings is 1. The van der Waals surface area contributed by atoms with Gasteiger partial charge < -0.3 is 25.1 Å². The van der Waals surface area contributed by atoms with Crippen LogP contribution >= 0.6 is 0 Å². The fourth-order valence-corrected chi connectivity index (χ4v) is 3.88. The molecule has 3 aromatic rings. The van der Waals surface area contributed by atoms with Crippen LogP contribution in [0.2, 0.25) is 0 Å². The Morgan fingerprint density at radius 1 is 1.09 bits per heavy atom. The highest BCUT2D eigenvalue weighted by Crippen LogP contribution is 2.31. The van der Waals surface area contributed by atoms with E-state index in [1.807, 2.05) is 54.6 Å². The number of nitrogens with zero attached hydrogens (tertiary/aromatic N) is 1. The summed E-state index contributed by atoms with van der Waals surface area (Å²) in [5.41, 5.74) is 2.90. The van der Waals surface area contributed by atoms with Crippen LogP contribution in [0.15, 0.2) is 76.3 Å². The minimum Gasteiger partial charge on any atom is -0.493 e. The van der Waals surface area contributed by atoms with Crippen molar-refractivity contribution < 1.29 is 13.9 Å². The van der Waals surface area contributed by atoms with Gasteiger partial charge in [0.2, 0.25) is 0 Å². The zero-order valence-corrected chi connectivity index (χ0v) is 18.8. The largest absolute Gasteiger partial charge is 0.493 e. The summed E-state index contributed by atoms with van der Waals surface area (Å²) in [6, 6.07) is 19.8. The molecule has 2 aromatic carbocycles. The smallest absolute Gasteiger partial charge is 0.251 e. The summed E-state index contributed by atoms with van der Waals surface area (Å²) in [6.07, 6.45) is 4.05. The highest BCUT2D eigenvalue weighted by molar-refractivity contribution is 5.94. The molecule has 4 rings (SSSR count). The highest BCUT2D eigenvalue weighted by atomic mass is 16.5. The maximum absolute atomic E-state index is 11.9. The number of nitrogens with one attached hydrogen (secondary N) is 3. The van der Waals surface area contributed by atoms with Crippen LogP contribution in [-0.2, 0) is 12.8 Å². The van der Waals surface area contributed by atoms with Gasteiger partial charge in [-0.1, -0.05) is 30.3 Å². The molecule has 1 amide bonds. The van der Waals surface area contributed by atoms with Crippen molar-refractivity contribution in [3.8, 4) is 5.75 Å². The first-order valence-corrected chi connectivity index (χ1v) is 11.3. The number of para-hydroxylation sites is 1. The number of hydrogen-bond acceptors (Lipinski definition) is 4. The maximum Gasteiger partial charge on any atom is 0.251 e. The van der Waals surface area contributed by atoms with Gasteiger partial charge in [0.15, 0.2) is 5.96 Å². The lowest BCUT2D eigenvalue weighted by Gasteiger charge is -2.28. The van der Waals surface area contributed by atoms with Crippen molar-refractivity contribution in [2.24, 2.45) is 4.99 Å². The van der Waals surface area contributed by atoms with Gasteiger partial charge in [0.05, 0.1) is 18.9 Å². The molecule has 1 unspecified atom stereocenters. The zero-order valence-electron chi connectivity index (χ0n) is 18.8. The summed E-state index contributed by atoms with van der Waals surface area (Å²) in [5.74, 6) is 2.51. The van der Waals surface area contributed by atoms with E-state index >= 15 is 0 Å². The molecule has 0 aliphatic carbocycles. The molecular formula is C26H30N4O3. The van der Waals surface area contributed by atoms with Crippen LogP contribution in [-0.4, -0.2) is 38.6 Å². The average molecular weight is 447 g/mol. The Balaban J connectivity index is 1.41. The van der Waals surface area contributed by atoms with Gasteiger partial charge in [-0.15, -0.1) is 0 Å². The Morgan fingerprint density at radius 2 is 2.00 bits per heavy atom. The summed E-state index contributed by atoms with van der Waals surface area (Å²) in [5, 5.41) is 9.71. The second-order valence-corrected chi connectivity index (χ2v) is 7.89. The van der Waals surface area contributed by atoms with Crippen molar-refractivity contribution in [2.45, 2.75) is 25.3 Å². The minimum absolute atomic E-state index is 0.0789. The molecule has 0 bridgehead atoms. The van der Waals surface area contributed by atoms with Crippen LogP contribution in [0.25, 0.3) is 0 Å². The number of amides is 1. The first-order valence-electron chi connectivity index (χ1n) is 11.3. The van der Waals surface area contributed by atoms with E-state index in [4.69, 9.17) is 14.1 Å². The number of ether oxygens (including phenoxy) is 1. The Hall–Kier alpha value is -3.74. The minimum atomic E-state index is -0.0789. The molecule has 1 atom stereocenters. The topological polar surface area (TPSA) is 87.9 Å². The lowest BCUT2D eigenvalue weighted by Crippen LogP contribution is -2.42. The van der Waals surface area contributed by atoms with Gasteiger partial charge >= 0.3 is 0 Å². The van der Waals surface area contributed by atoms with Crippen molar-refractivity contribution in [1.82, 2.24) is 16.0 Å². The predicted octanol–water partition coefficient (Wildman–Crippen LogP) is 3.48. The molecule has 1 aromatic heterocycles. The Morgan fingerprint density at radius 3 is 2.85 bits per heavy atom. The van der Waals surface area contributed by atoms with E-state index in [-0.39, 0.29) is 11.9 Å². The second kappa shape index (κ2) is 11.2. The fourth-order valence-electron chi connectivity index (χ4n) is 3.88. The molecule has 1 aliphatic heterocycles. The molecule has 7 heteroatoms. The van der Waals surface area contributed by atoms with E-state index in [0.717, 1.165) is 47.9 Å². The predicted molar refractivity (Wildman–Crippen MR) is 129 cm³/mol. The Labute approximate surface area is 194 Å². The number of benzene rings is 2. The van der Waals surface area contributed by atoms with Gasteiger partial charge in [-0.05, 0) is 42.3 Å². The monoisotopic (exact) mass is 446 g/mol. The van der Waals surface area contributed by atoms with Crippen LogP contribution in [0.1, 0.15) is 39.7 Å². The number of aliphatic imine (C=N–C) groups is 1. The number of rotatable bonds is 8. The van der Waals surface area contributed by atoms with E-state index < -0.39 is 0 Å². The Bertz CT molecular complexity index is 1080. The molecule has 0 saturated carbocycles. The summed E-state index contributed by atoms with van der Waals surface area (Å²) in [7, 11) is 1.64. The molecule has 33 heavy (non-hydrogen) atoms. The fraction of sp³-hybridized carbons (Fsp3) is 0.308. The summed E-state index contributed by atoms with van der Waals surface area (Å²) >= 11 is 0. The number of hydrogen-bond donors (Lipinski definition) is 3. The molecule has 7 nitrogen and oxygen atoms in total. The third kappa shape index (κ3) is 6.16. The molecule has 0 fully saturated rings. The van der Waals surface area contributed by atoms with E-state index in [9.17, 15) is 4.79 Å². The van der Waals surface area contributed by atoms with Crippen molar-refractivity contribution in [3.05, 3.63) is 89.4 Å². The highest BCUT2D eigenvalue weighted by Gasteiger charge is 2.21. The van der Waals surface area contributed by atoms with Gasteiger partial charge in [-0.3, -0.25) is 9.79 Å². The quantitative estimate of drug-likeness (QED) is 0.364. The Kier molecular flexibility index (Phi) is 7.64. The normalized spacial score (nSPS) is 15.3. The number of guanidine groups is 1. The lowest BCUT2D eigenvalue weighted by atomic mass is 10.0. The molecular weight excluding hydrogens is 416 g/mol. The molecule has 172 valence electrons. The van der Waals surface area contributed by atoms with Crippen LogP contribution in [0.4, 0.5) is 0 Å². The van der Waals surface area contributed by atoms with E-state index in [1.54, 1.807) is 13.3 Å². The number of carbonyl (C=O) groups excluding carboxylic acids is 1. The molecule has 0 spiro atoms. The molecule has 1 aliphatic rings. The van der Waals surface area contributed by atoms with E-state index in [1.165, 1.54) is 0 Å². The molecule has 3 N–H and O–H groups in total. The zero-order chi connectivity index (χ0) is 22.9. The van der Waals surface area contributed by atoms with Crippen LogP contribution < -0.4 is 20.7 Å². The van der Waals surface area contributed by atoms with Crippen LogP contribution in [0, 0.1) is 0 Å². The van der Waals surface area contributed by atoms with Gasteiger partial charge in [-0.25, -0.2) is 0 Å². The van der Waals surface area contributed by atoms with Gasteiger partial charge in [-0.2, -0.15) is 0 Å². The van der Waals surface area contributed by atoms with Gasteiger partial charge in [0.1, 0.15) is 11.5 Å². The third-order valence-electron chi connectivity index (χ3n) is 5.60. The molecule has 2 heterocycles. The van der Waals surface area contributed by atoms with Crippen molar-refractivity contribution in [2.75, 3.05) is 26.7 Å². The SMILES string of the molecule is CNC(=O)c1cccc(CCNC(=NCCc2ccco2)NC2CCOc3ccccc32)c1. The number of carbonyl (C=O) groups is 1. The van der Waals surface area contributed by atoms with Crippen molar-refractivity contribution >= 4 is 11.9 Å². The van der Waals surface area contributed by atoms with Gasteiger partial charge in [0, 0.05) is 44.1 Å². The first kappa shape index (κ1) is 22.5.